The van der Waals surface area contributed by atoms with Crippen molar-refractivity contribution in [3.8, 4) is 0 Å². The molecule has 1 atom stereocenters. The van der Waals surface area contributed by atoms with Crippen LogP contribution in [0.2, 0.25) is 0 Å². The largest absolute Gasteiger partial charge is 0.481 e. The maximum Gasteiger partial charge on any atom is 0.306 e. The molecular weight excluding hydrogens is 162 g/mol. The lowest BCUT2D eigenvalue weighted by molar-refractivity contribution is -0.142. The fourth-order valence-electron chi connectivity index (χ4n) is 1.11. The molecule has 1 rings (SSSR count). The quantitative estimate of drug-likeness (QED) is 0.495. The van der Waals surface area contributed by atoms with Gasteiger partial charge in [-0.1, -0.05) is 0 Å². The molecule has 1 aliphatic rings. The Bertz CT molecular complexity index is 219. The Balaban J connectivity index is 0.00000121. The van der Waals surface area contributed by atoms with E-state index in [1.807, 2.05) is 0 Å². The molecule has 0 aliphatic carbocycles. The molecule has 1 aliphatic heterocycles. The standard InChI is InChI=1S/C7H9NO3.H2O/c9-4-6-3-5(7(10)11)1-2-8-6;/h5,8H,1-3H2,(H,10,11);1H2. The summed E-state index contributed by atoms with van der Waals surface area (Å²) in [6.07, 6.45) is 0.874. The van der Waals surface area contributed by atoms with Crippen LogP contribution in [0.5, 0.6) is 0 Å². The Kier molecular flexibility index (Phi) is 4.04. The molecule has 0 bridgehead atoms. The number of rotatable bonds is 1. The number of aliphatic carboxylic acids is 1. The molecule has 0 radical (unpaired) electrons. The van der Waals surface area contributed by atoms with Crippen LogP contribution in [0, 0.1) is 5.92 Å². The van der Waals surface area contributed by atoms with Crippen molar-refractivity contribution in [3.63, 3.8) is 0 Å². The van der Waals surface area contributed by atoms with Gasteiger partial charge in [0.15, 0.2) is 0 Å². The lowest BCUT2D eigenvalue weighted by Gasteiger charge is -2.19. The summed E-state index contributed by atoms with van der Waals surface area (Å²) in [5.41, 5.74) is 0.378. The Morgan fingerprint density at radius 2 is 2.33 bits per heavy atom. The van der Waals surface area contributed by atoms with Crippen LogP contribution in [-0.2, 0) is 9.59 Å². The third-order valence-electron chi connectivity index (χ3n) is 1.75. The number of allylic oxidation sites excluding steroid dienone is 1. The van der Waals surface area contributed by atoms with E-state index < -0.39 is 11.9 Å². The minimum atomic E-state index is -0.834. The van der Waals surface area contributed by atoms with E-state index in [1.54, 1.807) is 5.94 Å². The maximum absolute atomic E-state index is 10.4. The van der Waals surface area contributed by atoms with Gasteiger partial charge in [-0.2, -0.15) is 0 Å². The highest BCUT2D eigenvalue weighted by Gasteiger charge is 2.23. The monoisotopic (exact) mass is 173 g/mol. The Morgan fingerprint density at radius 1 is 1.67 bits per heavy atom. The van der Waals surface area contributed by atoms with E-state index in [2.05, 4.69) is 5.32 Å². The summed E-state index contributed by atoms with van der Waals surface area (Å²) < 4.78 is 0. The molecule has 1 heterocycles. The Labute approximate surface area is 69.4 Å². The molecule has 68 valence electrons. The average molecular weight is 173 g/mol. The number of piperidine rings is 1. The smallest absolute Gasteiger partial charge is 0.306 e. The molecule has 1 unspecified atom stereocenters. The minimum absolute atomic E-state index is 0. The van der Waals surface area contributed by atoms with Crippen LogP contribution in [-0.4, -0.2) is 29.0 Å². The summed E-state index contributed by atoms with van der Waals surface area (Å²) in [5, 5.41) is 11.4. The molecule has 0 aromatic heterocycles. The topological polar surface area (TPSA) is 97.9 Å². The first-order valence-corrected chi connectivity index (χ1v) is 3.44. The van der Waals surface area contributed by atoms with Crippen LogP contribution >= 0.6 is 0 Å². The van der Waals surface area contributed by atoms with Crippen molar-refractivity contribution in [3.05, 3.63) is 5.70 Å². The third-order valence-corrected chi connectivity index (χ3v) is 1.75. The zero-order valence-corrected chi connectivity index (χ0v) is 6.46. The van der Waals surface area contributed by atoms with Crippen molar-refractivity contribution in [2.45, 2.75) is 12.8 Å². The van der Waals surface area contributed by atoms with Gasteiger partial charge in [0.2, 0.25) is 0 Å². The number of hydrogen-bond acceptors (Lipinski definition) is 3. The van der Waals surface area contributed by atoms with Crippen LogP contribution in [0.15, 0.2) is 5.70 Å². The molecule has 12 heavy (non-hydrogen) atoms. The first kappa shape index (κ1) is 10.7. The molecular formula is C7H11NO4. The van der Waals surface area contributed by atoms with Gasteiger partial charge >= 0.3 is 5.97 Å². The molecule has 1 fully saturated rings. The van der Waals surface area contributed by atoms with Gasteiger partial charge in [-0.25, -0.2) is 4.79 Å². The number of carbonyl (C=O) groups is 1. The number of carbonyl (C=O) groups excluding carboxylic acids is 1. The lowest BCUT2D eigenvalue weighted by Crippen LogP contribution is -2.30. The predicted octanol–water partition coefficient (Wildman–Crippen LogP) is -1.04. The highest BCUT2D eigenvalue weighted by Crippen LogP contribution is 2.16. The highest BCUT2D eigenvalue weighted by atomic mass is 16.4. The van der Waals surface area contributed by atoms with Crippen molar-refractivity contribution < 1.29 is 20.2 Å². The molecule has 1 saturated heterocycles. The van der Waals surface area contributed by atoms with Gasteiger partial charge in [0, 0.05) is 13.0 Å². The Morgan fingerprint density at radius 3 is 2.83 bits per heavy atom. The molecule has 0 amide bonds. The third kappa shape index (κ3) is 2.38. The predicted molar refractivity (Wildman–Crippen MR) is 41.2 cm³/mol. The van der Waals surface area contributed by atoms with Crippen molar-refractivity contribution in [1.82, 2.24) is 5.32 Å². The van der Waals surface area contributed by atoms with E-state index in [4.69, 9.17) is 5.11 Å². The summed E-state index contributed by atoms with van der Waals surface area (Å²) in [5.74, 6) is 0.437. The van der Waals surface area contributed by atoms with Gasteiger partial charge in [-0.3, -0.25) is 4.79 Å². The van der Waals surface area contributed by atoms with Crippen LogP contribution in [0.4, 0.5) is 0 Å². The van der Waals surface area contributed by atoms with Crippen LogP contribution in [0.1, 0.15) is 12.8 Å². The number of nitrogens with one attached hydrogen (secondary N) is 1. The SMILES string of the molecule is O.O=C=C1CC(C(=O)O)CCN1. The van der Waals surface area contributed by atoms with E-state index in [1.165, 1.54) is 0 Å². The van der Waals surface area contributed by atoms with Gasteiger partial charge < -0.3 is 15.9 Å². The van der Waals surface area contributed by atoms with Gasteiger partial charge in [0.1, 0.15) is 5.94 Å². The van der Waals surface area contributed by atoms with Gasteiger partial charge in [-0.15, -0.1) is 0 Å². The van der Waals surface area contributed by atoms with Crippen molar-refractivity contribution in [2.24, 2.45) is 5.92 Å². The van der Waals surface area contributed by atoms with E-state index in [0.29, 0.717) is 25.1 Å². The molecule has 5 heteroatoms. The van der Waals surface area contributed by atoms with Gasteiger partial charge in [0.25, 0.3) is 0 Å². The molecule has 0 aromatic rings. The van der Waals surface area contributed by atoms with Crippen LogP contribution in [0.3, 0.4) is 0 Å². The van der Waals surface area contributed by atoms with E-state index in [9.17, 15) is 9.59 Å². The van der Waals surface area contributed by atoms with Crippen molar-refractivity contribution in [1.29, 1.82) is 0 Å². The van der Waals surface area contributed by atoms with Crippen LogP contribution < -0.4 is 5.32 Å². The molecule has 0 saturated carbocycles. The van der Waals surface area contributed by atoms with Crippen molar-refractivity contribution in [2.75, 3.05) is 6.54 Å². The molecule has 0 spiro atoms. The van der Waals surface area contributed by atoms with Crippen molar-refractivity contribution >= 4 is 11.9 Å². The van der Waals surface area contributed by atoms with E-state index >= 15 is 0 Å². The fraction of sp³-hybridized carbons (Fsp3) is 0.571. The van der Waals surface area contributed by atoms with Gasteiger partial charge in [-0.05, 0) is 6.42 Å². The molecule has 5 nitrogen and oxygen atoms in total. The number of carboxylic acid groups (broad SMARTS) is 1. The summed E-state index contributed by atoms with van der Waals surface area (Å²) in [6.45, 7) is 0.557. The lowest BCUT2D eigenvalue weighted by atomic mass is 9.96. The minimum Gasteiger partial charge on any atom is -0.481 e. The van der Waals surface area contributed by atoms with Crippen LogP contribution in [0.25, 0.3) is 0 Å². The normalized spacial score (nSPS) is 21.7. The number of hydrogen-bond donors (Lipinski definition) is 2. The maximum atomic E-state index is 10.4. The second-order valence-electron chi connectivity index (χ2n) is 2.54. The van der Waals surface area contributed by atoms with E-state index in [-0.39, 0.29) is 5.48 Å². The first-order chi connectivity index (χ1) is 5.24. The summed E-state index contributed by atoms with van der Waals surface area (Å²) >= 11 is 0. The second kappa shape index (κ2) is 4.54. The summed E-state index contributed by atoms with van der Waals surface area (Å²) in [7, 11) is 0. The van der Waals surface area contributed by atoms with Gasteiger partial charge in [0.05, 0.1) is 11.6 Å². The average Bonchev–Trinajstić information content (AvgIpc) is 2.05. The Hall–Kier alpha value is -1.32. The zero-order valence-electron chi connectivity index (χ0n) is 6.46. The zero-order chi connectivity index (χ0) is 8.27. The number of carboxylic acids is 1. The van der Waals surface area contributed by atoms with E-state index in [0.717, 1.165) is 0 Å². The summed E-state index contributed by atoms with van der Waals surface area (Å²) in [4.78, 5) is 20.6. The molecule has 4 N–H and O–H groups in total. The highest BCUT2D eigenvalue weighted by molar-refractivity contribution is 5.71. The molecule has 0 aromatic carbocycles. The first-order valence-electron chi connectivity index (χ1n) is 3.44. The fourth-order valence-corrected chi connectivity index (χ4v) is 1.11. The summed E-state index contributed by atoms with van der Waals surface area (Å²) in [6, 6.07) is 0. The second-order valence-corrected chi connectivity index (χ2v) is 2.54.